The van der Waals surface area contributed by atoms with Crippen molar-refractivity contribution in [1.29, 1.82) is 0 Å². The molecule has 1 fully saturated rings. The van der Waals surface area contributed by atoms with Crippen molar-refractivity contribution >= 4 is 28.6 Å². The number of aromatic nitrogens is 2. The highest BCUT2D eigenvalue weighted by molar-refractivity contribution is 6.45. The van der Waals surface area contributed by atoms with Crippen LogP contribution in [0.25, 0.3) is 11.0 Å². The van der Waals surface area contributed by atoms with E-state index in [-0.39, 0.29) is 11.9 Å². The first-order valence-corrected chi connectivity index (χ1v) is 10.0. The number of rotatable bonds is 3. The Labute approximate surface area is 174 Å². The van der Waals surface area contributed by atoms with Crippen LogP contribution < -0.4 is 0 Å². The molecule has 0 aliphatic carbocycles. The van der Waals surface area contributed by atoms with Crippen LogP contribution in [0.2, 0.25) is 0 Å². The van der Waals surface area contributed by atoms with E-state index in [0.717, 1.165) is 11.3 Å². The summed E-state index contributed by atoms with van der Waals surface area (Å²) in [6, 6.07) is 10.7. The standard InChI is InChI=1S/C23H24N4O3/c1-14-11-15(2)25-21-19(14)18(12-24-21)20(28)23(30)27-10-9-26(13-16(27)3)22(29)17-7-5-4-6-8-17/h4-8,11-12,16H,9-10,13H2,1-3H3,(H,24,25)/t16-/m1/s1. The van der Waals surface area contributed by atoms with E-state index < -0.39 is 11.7 Å². The number of carbonyl (C=O) groups excluding carboxylic acids is 3. The summed E-state index contributed by atoms with van der Waals surface area (Å²) >= 11 is 0. The second-order valence-corrected chi connectivity index (χ2v) is 7.80. The van der Waals surface area contributed by atoms with Crippen molar-refractivity contribution in [2.24, 2.45) is 0 Å². The average Bonchev–Trinajstić information content (AvgIpc) is 3.17. The first-order chi connectivity index (χ1) is 14.4. The fourth-order valence-electron chi connectivity index (χ4n) is 4.13. The molecule has 3 aromatic rings. The van der Waals surface area contributed by atoms with E-state index in [9.17, 15) is 14.4 Å². The van der Waals surface area contributed by atoms with Gasteiger partial charge in [0.15, 0.2) is 0 Å². The van der Waals surface area contributed by atoms with Crippen molar-refractivity contribution in [3.8, 4) is 0 Å². The van der Waals surface area contributed by atoms with Crippen LogP contribution in [-0.4, -0.2) is 63.0 Å². The molecular formula is C23H24N4O3. The topological polar surface area (TPSA) is 86.4 Å². The molecule has 0 bridgehead atoms. The van der Waals surface area contributed by atoms with E-state index in [1.165, 1.54) is 0 Å². The lowest BCUT2D eigenvalue weighted by Crippen LogP contribution is -2.56. The summed E-state index contributed by atoms with van der Waals surface area (Å²) in [5.74, 6) is -1.16. The number of nitrogens with one attached hydrogen (secondary N) is 1. The lowest BCUT2D eigenvalue weighted by Gasteiger charge is -2.39. The number of ketones is 1. The number of hydrogen-bond acceptors (Lipinski definition) is 4. The van der Waals surface area contributed by atoms with E-state index in [1.807, 2.05) is 45.0 Å². The summed E-state index contributed by atoms with van der Waals surface area (Å²) in [5.41, 5.74) is 3.32. The minimum atomic E-state index is -0.551. The number of Topliss-reactive ketones (excluding diaryl/α,β-unsaturated/α-hetero) is 1. The third-order valence-electron chi connectivity index (χ3n) is 5.60. The van der Waals surface area contributed by atoms with E-state index in [1.54, 1.807) is 28.1 Å². The minimum Gasteiger partial charge on any atom is -0.345 e. The molecule has 1 N–H and O–H groups in total. The van der Waals surface area contributed by atoms with Gasteiger partial charge in [-0.25, -0.2) is 4.98 Å². The molecule has 7 nitrogen and oxygen atoms in total. The van der Waals surface area contributed by atoms with Gasteiger partial charge in [-0.2, -0.15) is 0 Å². The first kappa shape index (κ1) is 19.8. The molecule has 2 amide bonds. The summed E-state index contributed by atoms with van der Waals surface area (Å²) in [7, 11) is 0. The zero-order chi connectivity index (χ0) is 21.4. The fraction of sp³-hybridized carbons (Fsp3) is 0.304. The van der Waals surface area contributed by atoms with E-state index in [2.05, 4.69) is 9.97 Å². The lowest BCUT2D eigenvalue weighted by atomic mass is 10.0. The van der Waals surface area contributed by atoms with Gasteiger partial charge in [0.25, 0.3) is 17.6 Å². The Bertz CT molecular complexity index is 1140. The third-order valence-corrected chi connectivity index (χ3v) is 5.60. The van der Waals surface area contributed by atoms with E-state index in [4.69, 9.17) is 0 Å². The molecule has 4 rings (SSSR count). The number of benzene rings is 1. The van der Waals surface area contributed by atoms with Crippen LogP contribution in [0, 0.1) is 13.8 Å². The second-order valence-electron chi connectivity index (χ2n) is 7.80. The summed E-state index contributed by atoms with van der Waals surface area (Å²) in [5, 5.41) is 0.685. The zero-order valence-corrected chi connectivity index (χ0v) is 17.3. The highest BCUT2D eigenvalue weighted by atomic mass is 16.2. The minimum absolute atomic E-state index is 0.0606. The quantitative estimate of drug-likeness (QED) is 0.537. The molecule has 0 saturated carbocycles. The number of pyridine rings is 1. The van der Waals surface area contributed by atoms with Crippen molar-refractivity contribution in [3.63, 3.8) is 0 Å². The maximum Gasteiger partial charge on any atom is 0.295 e. The molecule has 0 radical (unpaired) electrons. The van der Waals surface area contributed by atoms with Crippen molar-refractivity contribution in [1.82, 2.24) is 19.8 Å². The predicted molar refractivity (Wildman–Crippen MR) is 113 cm³/mol. The largest absolute Gasteiger partial charge is 0.345 e. The van der Waals surface area contributed by atoms with Gasteiger partial charge in [0.05, 0.1) is 5.56 Å². The van der Waals surface area contributed by atoms with Gasteiger partial charge in [-0.05, 0) is 44.5 Å². The third kappa shape index (κ3) is 3.47. The number of piperazine rings is 1. The second kappa shape index (κ2) is 7.74. The van der Waals surface area contributed by atoms with Crippen LogP contribution in [0.4, 0.5) is 0 Å². The molecule has 30 heavy (non-hydrogen) atoms. The molecule has 154 valence electrons. The van der Waals surface area contributed by atoms with E-state index in [0.29, 0.717) is 41.8 Å². The Balaban J connectivity index is 1.51. The van der Waals surface area contributed by atoms with Crippen LogP contribution in [0.15, 0.2) is 42.6 Å². The van der Waals surface area contributed by atoms with Gasteiger partial charge in [-0.15, -0.1) is 0 Å². The SMILES string of the molecule is Cc1cc(C)c2c(C(=O)C(=O)N3CCN(C(=O)c4ccccc4)C[C@H]3C)c[nH]c2n1. The molecule has 0 spiro atoms. The number of hydrogen-bond donors (Lipinski definition) is 1. The average molecular weight is 404 g/mol. The van der Waals surface area contributed by atoms with Crippen LogP contribution in [0.1, 0.15) is 38.9 Å². The van der Waals surface area contributed by atoms with Crippen molar-refractivity contribution in [2.75, 3.05) is 19.6 Å². The Morgan fingerprint density at radius 1 is 1.10 bits per heavy atom. The number of aryl methyl sites for hydroxylation is 2. The highest BCUT2D eigenvalue weighted by Crippen LogP contribution is 2.23. The van der Waals surface area contributed by atoms with Crippen LogP contribution in [0.3, 0.4) is 0 Å². The number of aromatic amines is 1. The van der Waals surface area contributed by atoms with Gasteiger partial charge in [0.1, 0.15) is 5.65 Å². The summed E-state index contributed by atoms with van der Waals surface area (Å²) in [4.78, 5) is 49.4. The maximum absolute atomic E-state index is 13.0. The van der Waals surface area contributed by atoms with Gasteiger partial charge >= 0.3 is 0 Å². The van der Waals surface area contributed by atoms with Crippen molar-refractivity contribution in [3.05, 3.63) is 65.0 Å². The summed E-state index contributed by atoms with van der Waals surface area (Å²) in [6.07, 6.45) is 1.56. The molecule has 2 aromatic heterocycles. The summed E-state index contributed by atoms with van der Waals surface area (Å²) < 4.78 is 0. The normalized spacial score (nSPS) is 16.7. The number of amides is 2. The van der Waals surface area contributed by atoms with Gasteiger partial charge < -0.3 is 14.8 Å². The van der Waals surface area contributed by atoms with Gasteiger partial charge in [0, 0.05) is 48.5 Å². The maximum atomic E-state index is 13.0. The molecule has 1 aliphatic rings. The van der Waals surface area contributed by atoms with Crippen LogP contribution >= 0.6 is 0 Å². The Morgan fingerprint density at radius 3 is 2.53 bits per heavy atom. The molecular weight excluding hydrogens is 380 g/mol. The lowest BCUT2D eigenvalue weighted by molar-refractivity contribution is -0.130. The van der Waals surface area contributed by atoms with E-state index >= 15 is 0 Å². The van der Waals surface area contributed by atoms with Gasteiger partial charge in [-0.1, -0.05) is 18.2 Å². The molecule has 7 heteroatoms. The van der Waals surface area contributed by atoms with Gasteiger partial charge in [0.2, 0.25) is 0 Å². The number of fused-ring (bicyclic) bond motifs is 1. The highest BCUT2D eigenvalue weighted by Gasteiger charge is 2.34. The Kier molecular flexibility index (Phi) is 5.11. The zero-order valence-electron chi connectivity index (χ0n) is 17.3. The van der Waals surface area contributed by atoms with Crippen molar-refractivity contribution < 1.29 is 14.4 Å². The molecule has 1 aromatic carbocycles. The van der Waals surface area contributed by atoms with Crippen molar-refractivity contribution in [2.45, 2.75) is 26.8 Å². The van der Waals surface area contributed by atoms with Crippen LogP contribution in [0.5, 0.6) is 0 Å². The Morgan fingerprint density at radius 2 is 1.83 bits per heavy atom. The molecule has 1 saturated heterocycles. The molecule has 1 aliphatic heterocycles. The number of H-pyrrole nitrogens is 1. The molecule has 0 unspecified atom stereocenters. The van der Waals surface area contributed by atoms with Crippen LogP contribution in [-0.2, 0) is 4.79 Å². The predicted octanol–water partition coefficient (Wildman–Crippen LogP) is 2.74. The molecule has 3 heterocycles. The smallest absolute Gasteiger partial charge is 0.295 e. The fourth-order valence-corrected chi connectivity index (χ4v) is 4.13. The Hall–Kier alpha value is -3.48. The number of carbonyl (C=O) groups is 3. The molecule has 1 atom stereocenters. The summed E-state index contributed by atoms with van der Waals surface area (Å²) in [6.45, 7) is 6.76. The number of nitrogens with zero attached hydrogens (tertiary/aromatic N) is 3. The van der Waals surface area contributed by atoms with Gasteiger partial charge in [-0.3, -0.25) is 14.4 Å². The first-order valence-electron chi connectivity index (χ1n) is 10.0. The monoisotopic (exact) mass is 404 g/mol.